The average molecular weight is 384 g/mol. The van der Waals surface area contributed by atoms with Crippen molar-refractivity contribution in [1.82, 2.24) is 4.98 Å². The number of pyridine rings is 1. The molecule has 1 heterocycles. The van der Waals surface area contributed by atoms with Crippen LogP contribution in [0.2, 0.25) is 0 Å². The van der Waals surface area contributed by atoms with Gasteiger partial charge in [0.25, 0.3) is 0 Å². The number of carbonyl (C=O) groups excluding carboxylic acids is 1. The van der Waals surface area contributed by atoms with E-state index in [9.17, 15) is 9.59 Å². The zero-order valence-corrected chi connectivity index (χ0v) is 16.0. The number of hydrogen-bond donors (Lipinski definition) is 1. The van der Waals surface area contributed by atoms with Gasteiger partial charge in [0.15, 0.2) is 0 Å². The van der Waals surface area contributed by atoms with Crippen LogP contribution >= 0.6 is 0 Å². The quantitative estimate of drug-likeness (QED) is 0.497. The van der Waals surface area contributed by atoms with Crippen molar-refractivity contribution in [1.29, 1.82) is 0 Å². The molecule has 1 aromatic carbocycles. The fraction of sp³-hybridized carbons (Fsp3) is 0.286. The molecule has 0 bridgehead atoms. The molecule has 0 aliphatic heterocycles. The van der Waals surface area contributed by atoms with Gasteiger partial charge in [0.2, 0.25) is 0 Å². The van der Waals surface area contributed by atoms with Crippen molar-refractivity contribution in [2.45, 2.75) is 13.3 Å². The Morgan fingerprint density at radius 3 is 2.54 bits per heavy atom. The van der Waals surface area contributed by atoms with Crippen molar-refractivity contribution in [3.05, 3.63) is 59.8 Å². The molecule has 28 heavy (non-hydrogen) atoms. The highest BCUT2D eigenvalue weighted by Crippen LogP contribution is 2.17. The van der Waals surface area contributed by atoms with Crippen molar-refractivity contribution in [3.63, 3.8) is 0 Å². The van der Waals surface area contributed by atoms with Crippen LogP contribution < -0.4 is 9.64 Å². The van der Waals surface area contributed by atoms with Crippen LogP contribution in [-0.4, -0.2) is 48.8 Å². The lowest BCUT2D eigenvalue weighted by Crippen LogP contribution is -2.24. The van der Waals surface area contributed by atoms with Crippen LogP contribution in [0, 0.1) is 0 Å². The van der Waals surface area contributed by atoms with E-state index in [1.54, 1.807) is 37.4 Å². The van der Waals surface area contributed by atoms with Crippen LogP contribution in [0.15, 0.2) is 54.2 Å². The van der Waals surface area contributed by atoms with Gasteiger partial charge in [0.05, 0.1) is 19.6 Å². The maximum atomic E-state index is 11.9. The molecular weight excluding hydrogens is 360 g/mol. The molecule has 2 aromatic rings. The minimum Gasteiger partial charge on any atom is -0.492 e. The van der Waals surface area contributed by atoms with Crippen LogP contribution in [0.3, 0.4) is 0 Å². The Kier molecular flexibility index (Phi) is 8.02. The SMILES string of the molecule is CCOC(=O)/C(=C/c1ccc(OCCN(C)c2ccccn2)cc1)CC(=O)O. The van der Waals surface area contributed by atoms with Crippen LogP contribution in [-0.2, 0) is 14.3 Å². The van der Waals surface area contributed by atoms with Crippen molar-refractivity contribution < 1.29 is 24.2 Å². The van der Waals surface area contributed by atoms with Crippen molar-refractivity contribution >= 4 is 23.8 Å². The molecule has 0 aliphatic rings. The molecule has 1 aromatic heterocycles. The summed E-state index contributed by atoms with van der Waals surface area (Å²) in [5.41, 5.74) is 0.794. The fourth-order valence-corrected chi connectivity index (χ4v) is 2.42. The van der Waals surface area contributed by atoms with Gasteiger partial charge >= 0.3 is 11.9 Å². The third kappa shape index (κ3) is 6.75. The smallest absolute Gasteiger partial charge is 0.334 e. The molecular formula is C21H24N2O5. The number of esters is 1. The molecule has 0 atom stereocenters. The molecule has 0 unspecified atom stereocenters. The summed E-state index contributed by atoms with van der Waals surface area (Å²) in [6.07, 6.45) is 2.87. The first kappa shape index (κ1) is 21.0. The predicted octanol–water partition coefficient (Wildman–Crippen LogP) is 3.02. The molecule has 0 radical (unpaired) electrons. The van der Waals surface area contributed by atoms with Gasteiger partial charge in [-0.2, -0.15) is 0 Å². The van der Waals surface area contributed by atoms with E-state index in [1.165, 1.54) is 6.08 Å². The summed E-state index contributed by atoms with van der Waals surface area (Å²) in [5, 5.41) is 8.97. The fourth-order valence-electron chi connectivity index (χ4n) is 2.42. The van der Waals surface area contributed by atoms with Crippen LogP contribution in [0.1, 0.15) is 18.9 Å². The average Bonchev–Trinajstić information content (AvgIpc) is 2.69. The summed E-state index contributed by atoms with van der Waals surface area (Å²) < 4.78 is 10.6. The molecule has 7 heteroatoms. The van der Waals surface area contributed by atoms with E-state index < -0.39 is 18.4 Å². The second-order valence-electron chi connectivity index (χ2n) is 5.99. The molecule has 0 amide bonds. The van der Waals surface area contributed by atoms with E-state index >= 15 is 0 Å². The first-order valence-electron chi connectivity index (χ1n) is 8.94. The number of aliphatic carboxylic acids is 1. The number of rotatable bonds is 10. The van der Waals surface area contributed by atoms with Crippen molar-refractivity contribution in [2.75, 3.05) is 31.7 Å². The third-order valence-corrected chi connectivity index (χ3v) is 3.84. The first-order chi connectivity index (χ1) is 13.5. The Bertz CT molecular complexity index is 803. The third-order valence-electron chi connectivity index (χ3n) is 3.84. The van der Waals surface area contributed by atoms with E-state index in [2.05, 4.69) is 4.98 Å². The monoisotopic (exact) mass is 384 g/mol. The summed E-state index contributed by atoms with van der Waals surface area (Å²) in [7, 11) is 1.94. The van der Waals surface area contributed by atoms with Gasteiger partial charge in [0.1, 0.15) is 18.2 Å². The summed E-state index contributed by atoms with van der Waals surface area (Å²) >= 11 is 0. The molecule has 148 valence electrons. The van der Waals surface area contributed by atoms with Crippen LogP contribution in [0.5, 0.6) is 5.75 Å². The summed E-state index contributed by atoms with van der Waals surface area (Å²) in [6, 6.07) is 12.8. The minimum atomic E-state index is -1.09. The normalized spacial score (nSPS) is 11.0. The van der Waals surface area contributed by atoms with Gasteiger partial charge in [-0.1, -0.05) is 18.2 Å². The van der Waals surface area contributed by atoms with Gasteiger partial charge in [-0.3, -0.25) is 4.79 Å². The Balaban J connectivity index is 1.94. The molecule has 0 aliphatic carbocycles. The lowest BCUT2D eigenvalue weighted by atomic mass is 10.1. The first-order valence-corrected chi connectivity index (χ1v) is 8.94. The molecule has 7 nitrogen and oxygen atoms in total. The highest BCUT2D eigenvalue weighted by Gasteiger charge is 2.14. The second kappa shape index (κ2) is 10.7. The lowest BCUT2D eigenvalue weighted by molar-refractivity contribution is -0.142. The maximum absolute atomic E-state index is 11.9. The Morgan fingerprint density at radius 1 is 1.18 bits per heavy atom. The number of benzene rings is 1. The highest BCUT2D eigenvalue weighted by atomic mass is 16.5. The van der Waals surface area contributed by atoms with E-state index in [0.717, 1.165) is 5.82 Å². The number of nitrogens with zero attached hydrogens (tertiary/aromatic N) is 2. The van der Waals surface area contributed by atoms with Gasteiger partial charge in [0, 0.05) is 18.8 Å². The number of carboxylic acids is 1. The summed E-state index contributed by atoms with van der Waals surface area (Å²) in [5.74, 6) is -0.155. The molecule has 1 N–H and O–H groups in total. The van der Waals surface area contributed by atoms with E-state index in [4.69, 9.17) is 14.6 Å². The molecule has 0 fully saturated rings. The van der Waals surface area contributed by atoms with Gasteiger partial charge < -0.3 is 19.5 Å². The predicted molar refractivity (Wildman–Crippen MR) is 106 cm³/mol. The number of hydrogen-bond acceptors (Lipinski definition) is 6. The van der Waals surface area contributed by atoms with Gasteiger partial charge in [-0.25, -0.2) is 9.78 Å². The number of carbonyl (C=O) groups is 2. The molecule has 2 rings (SSSR count). The zero-order valence-electron chi connectivity index (χ0n) is 16.0. The molecule has 0 saturated heterocycles. The largest absolute Gasteiger partial charge is 0.492 e. The number of ether oxygens (including phenoxy) is 2. The molecule has 0 spiro atoms. The molecule has 0 saturated carbocycles. The van der Waals surface area contributed by atoms with Gasteiger partial charge in [-0.15, -0.1) is 0 Å². The Labute approximate surface area is 164 Å². The summed E-state index contributed by atoms with van der Waals surface area (Å²) in [4.78, 5) is 29.1. The topological polar surface area (TPSA) is 89.0 Å². The van der Waals surface area contributed by atoms with E-state index in [-0.39, 0.29) is 12.2 Å². The number of aromatic nitrogens is 1. The van der Waals surface area contributed by atoms with E-state index in [0.29, 0.717) is 24.5 Å². The summed E-state index contributed by atoms with van der Waals surface area (Å²) in [6.45, 7) is 3.02. The van der Waals surface area contributed by atoms with Crippen molar-refractivity contribution in [2.24, 2.45) is 0 Å². The second-order valence-corrected chi connectivity index (χ2v) is 5.99. The van der Waals surface area contributed by atoms with E-state index in [1.807, 2.05) is 30.1 Å². The standard InChI is InChI=1S/C21H24N2O5/c1-3-27-21(26)17(15-20(24)25)14-16-7-9-18(10-8-16)28-13-12-23(2)19-6-4-5-11-22-19/h4-11,14H,3,12-13,15H2,1-2H3,(H,24,25)/b17-14+. The van der Waals surface area contributed by atoms with Crippen LogP contribution in [0.4, 0.5) is 5.82 Å². The van der Waals surface area contributed by atoms with Crippen LogP contribution in [0.25, 0.3) is 6.08 Å². The maximum Gasteiger partial charge on any atom is 0.334 e. The van der Waals surface area contributed by atoms with Crippen molar-refractivity contribution in [3.8, 4) is 5.75 Å². The number of carboxylic acid groups (broad SMARTS) is 1. The highest BCUT2D eigenvalue weighted by molar-refractivity contribution is 5.97. The number of likely N-dealkylation sites (N-methyl/N-ethyl adjacent to an activating group) is 1. The van der Waals surface area contributed by atoms with Gasteiger partial charge in [-0.05, 0) is 42.8 Å². The Hall–Kier alpha value is -3.35. The number of anilines is 1. The minimum absolute atomic E-state index is 0.0972. The Morgan fingerprint density at radius 2 is 1.93 bits per heavy atom. The zero-order chi connectivity index (χ0) is 20.4. The lowest BCUT2D eigenvalue weighted by Gasteiger charge is -2.18.